The first-order valence-corrected chi connectivity index (χ1v) is 7.96. The van der Waals surface area contributed by atoms with Gasteiger partial charge in [0, 0.05) is 11.1 Å². The van der Waals surface area contributed by atoms with Crippen molar-refractivity contribution in [2.45, 2.75) is 4.90 Å². The molecule has 0 aromatic heterocycles. The molecule has 0 radical (unpaired) electrons. The van der Waals surface area contributed by atoms with Crippen molar-refractivity contribution in [2.75, 3.05) is 5.43 Å². The minimum Gasteiger partial charge on any atom is -0.308 e. The second kappa shape index (κ2) is 5.55. The summed E-state index contributed by atoms with van der Waals surface area (Å²) in [6.07, 6.45) is 0. The molecule has 21 heavy (non-hydrogen) atoms. The Bertz CT molecular complexity index is 856. The molecule has 0 unspecified atom stereocenters. The Morgan fingerprint density at radius 1 is 0.714 bits per heavy atom. The summed E-state index contributed by atoms with van der Waals surface area (Å²) in [5.41, 5.74) is 3.39. The van der Waals surface area contributed by atoms with Crippen molar-refractivity contribution >= 4 is 26.5 Å². The molecular formula is C16H14N2O2S. The number of sulfonamides is 1. The fourth-order valence-electron chi connectivity index (χ4n) is 2.13. The number of rotatable bonds is 4. The second-order valence-corrected chi connectivity index (χ2v) is 6.22. The lowest BCUT2D eigenvalue weighted by Crippen LogP contribution is -2.29. The van der Waals surface area contributed by atoms with Crippen LogP contribution in [0.5, 0.6) is 0 Å². The van der Waals surface area contributed by atoms with E-state index >= 15 is 0 Å². The molecule has 5 heteroatoms. The van der Waals surface area contributed by atoms with E-state index in [1.54, 1.807) is 30.3 Å². The Kier molecular flexibility index (Phi) is 3.60. The zero-order valence-electron chi connectivity index (χ0n) is 11.2. The second-order valence-electron chi connectivity index (χ2n) is 4.57. The zero-order valence-corrected chi connectivity index (χ0v) is 12.0. The molecule has 0 aliphatic rings. The third kappa shape index (κ3) is 2.89. The third-order valence-electron chi connectivity index (χ3n) is 3.14. The van der Waals surface area contributed by atoms with E-state index in [1.165, 1.54) is 0 Å². The Labute approximate surface area is 123 Å². The molecule has 0 bridgehead atoms. The summed E-state index contributed by atoms with van der Waals surface area (Å²) >= 11 is 0. The summed E-state index contributed by atoms with van der Waals surface area (Å²) in [7, 11) is -3.65. The Morgan fingerprint density at radius 2 is 1.38 bits per heavy atom. The van der Waals surface area contributed by atoms with Gasteiger partial charge in [0.1, 0.15) is 0 Å². The maximum Gasteiger partial charge on any atom is 0.257 e. The van der Waals surface area contributed by atoms with E-state index < -0.39 is 10.0 Å². The molecule has 3 aromatic carbocycles. The van der Waals surface area contributed by atoms with Crippen LogP contribution in [0.3, 0.4) is 0 Å². The number of hydrogen-bond donors (Lipinski definition) is 2. The first-order valence-electron chi connectivity index (χ1n) is 6.47. The molecule has 0 fully saturated rings. The van der Waals surface area contributed by atoms with Crippen molar-refractivity contribution in [1.82, 2.24) is 4.83 Å². The van der Waals surface area contributed by atoms with E-state index in [0.717, 1.165) is 5.39 Å². The number of anilines is 1. The van der Waals surface area contributed by atoms with E-state index in [2.05, 4.69) is 10.3 Å². The van der Waals surface area contributed by atoms with Gasteiger partial charge < -0.3 is 5.43 Å². The van der Waals surface area contributed by atoms with Crippen molar-refractivity contribution in [3.05, 3.63) is 72.8 Å². The van der Waals surface area contributed by atoms with Crippen molar-refractivity contribution < 1.29 is 8.42 Å². The van der Waals surface area contributed by atoms with E-state index in [-0.39, 0.29) is 4.90 Å². The number of nitrogens with one attached hydrogen (secondary N) is 2. The van der Waals surface area contributed by atoms with Gasteiger partial charge in [0.05, 0.1) is 4.90 Å². The molecule has 3 rings (SSSR count). The minimum atomic E-state index is -3.65. The molecule has 0 heterocycles. The summed E-state index contributed by atoms with van der Waals surface area (Å²) < 4.78 is 24.9. The van der Waals surface area contributed by atoms with Gasteiger partial charge in [-0.05, 0) is 23.6 Å². The van der Waals surface area contributed by atoms with E-state index in [1.807, 2.05) is 42.5 Å². The van der Waals surface area contributed by atoms with Crippen molar-refractivity contribution in [2.24, 2.45) is 0 Å². The lowest BCUT2D eigenvalue weighted by atomic mass is 10.1. The molecule has 4 nitrogen and oxygen atoms in total. The number of para-hydroxylation sites is 1. The molecule has 0 amide bonds. The lowest BCUT2D eigenvalue weighted by Gasteiger charge is -2.11. The molecule has 2 N–H and O–H groups in total. The van der Waals surface area contributed by atoms with Gasteiger partial charge in [0.25, 0.3) is 10.0 Å². The van der Waals surface area contributed by atoms with Crippen LogP contribution in [0, 0.1) is 0 Å². The third-order valence-corrected chi connectivity index (χ3v) is 4.45. The molecule has 0 aliphatic carbocycles. The van der Waals surface area contributed by atoms with Gasteiger partial charge in [0.2, 0.25) is 0 Å². The van der Waals surface area contributed by atoms with Crippen molar-refractivity contribution in [3.8, 4) is 0 Å². The number of fused-ring (bicyclic) bond motifs is 1. The molecule has 106 valence electrons. The van der Waals surface area contributed by atoms with Crippen molar-refractivity contribution in [3.63, 3.8) is 0 Å². The van der Waals surface area contributed by atoms with Crippen LogP contribution >= 0.6 is 0 Å². The van der Waals surface area contributed by atoms with Gasteiger partial charge in [-0.15, -0.1) is 4.83 Å². The minimum absolute atomic E-state index is 0.254. The molecule has 0 saturated heterocycles. The fourth-order valence-corrected chi connectivity index (χ4v) is 3.23. The monoisotopic (exact) mass is 298 g/mol. The molecule has 0 aliphatic heterocycles. The lowest BCUT2D eigenvalue weighted by molar-refractivity contribution is 0.588. The van der Waals surface area contributed by atoms with E-state index in [0.29, 0.717) is 11.1 Å². The highest BCUT2D eigenvalue weighted by Gasteiger charge is 2.16. The molecule has 0 atom stereocenters. The van der Waals surface area contributed by atoms with E-state index in [4.69, 9.17) is 0 Å². The highest BCUT2D eigenvalue weighted by atomic mass is 32.2. The highest BCUT2D eigenvalue weighted by molar-refractivity contribution is 7.89. The quantitative estimate of drug-likeness (QED) is 0.727. The summed E-state index contributed by atoms with van der Waals surface area (Å²) in [5, 5.41) is 1.59. The molecular weight excluding hydrogens is 284 g/mol. The average molecular weight is 298 g/mol. The Balaban J connectivity index is 1.94. The predicted molar refractivity (Wildman–Crippen MR) is 84.3 cm³/mol. The Hall–Kier alpha value is -2.37. The van der Waals surface area contributed by atoms with Crippen LogP contribution in [0.25, 0.3) is 10.8 Å². The summed E-state index contributed by atoms with van der Waals surface area (Å²) in [5.74, 6) is 0. The normalized spacial score (nSPS) is 11.4. The first kappa shape index (κ1) is 13.6. The highest BCUT2D eigenvalue weighted by Crippen LogP contribution is 2.22. The zero-order chi connectivity index (χ0) is 14.7. The van der Waals surface area contributed by atoms with Crippen LogP contribution in [0.2, 0.25) is 0 Å². The van der Waals surface area contributed by atoms with Gasteiger partial charge in [-0.2, -0.15) is 0 Å². The SMILES string of the molecule is O=S(=O)(NNc1ccccc1)c1cccc2ccccc12. The molecule has 0 spiro atoms. The van der Waals surface area contributed by atoms with Gasteiger partial charge in [-0.25, -0.2) is 8.42 Å². The molecule has 3 aromatic rings. The maximum absolute atomic E-state index is 12.4. The summed E-state index contributed by atoms with van der Waals surface area (Å²) in [6.45, 7) is 0. The topological polar surface area (TPSA) is 58.2 Å². The van der Waals surface area contributed by atoms with Crippen molar-refractivity contribution in [1.29, 1.82) is 0 Å². The van der Waals surface area contributed by atoms with Gasteiger partial charge in [-0.3, -0.25) is 0 Å². The fraction of sp³-hybridized carbons (Fsp3) is 0. The van der Waals surface area contributed by atoms with Crippen LogP contribution in [-0.4, -0.2) is 8.42 Å². The predicted octanol–water partition coefficient (Wildman–Crippen LogP) is 3.15. The van der Waals surface area contributed by atoms with Gasteiger partial charge >= 0.3 is 0 Å². The standard InChI is InChI=1S/C16H14N2O2S/c19-21(20,18-17-14-9-2-1-3-10-14)16-12-6-8-13-7-4-5-11-15(13)16/h1-12,17-18H. The van der Waals surface area contributed by atoms with Crippen LogP contribution in [-0.2, 0) is 10.0 Å². The van der Waals surface area contributed by atoms with Crippen LogP contribution in [0.1, 0.15) is 0 Å². The maximum atomic E-state index is 12.4. The molecule has 0 saturated carbocycles. The summed E-state index contributed by atoms with van der Waals surface area (Å²) in [6, 6.07) is 21.7. The van der Waals surface area contributed by atoms with Gasteiger partial charge in [0.15, 0.2) is 0 Å². The number of hydrazine groups is 1. The number of hydrogen-bond acceptors (Lipinski definition) is 3. The number of benzene rings is 3. The Morgan fingerprint density at radius 3 is 2.19 bits per heavy atom. The average Bonchev–Trinajstić information content (AvgIpc) is 2.53. The van der Waals surface area contributed by atoms with Gasteiger partial charge in [-0.1, -0.05) is 54.6 Å². The summed E-state index contributed by atoms with van der Waals surface area (Å²) in [4.78, 5) is 2.66. The largest absolute Gasteiger partial charge is 0.308 e. The first-order chi connectivity index (χ1) is 10.2. The smallest absolute Gasteiger partial charge is 0.257 e. The van der Waals surface area contributed by atoms with Crippen LogP contribution in [0.4, 0.5) is 5.69 Å². The van der Waals surface area contributed by atoms with E-state index in [9.17, 15) is 8.42 Å². The van der Waals surface area contributed by atoms with Crippen LogP contribution in [0.15, 0.2) is 77.7 Å². The van der Waals surface area contributed by atoms with Crippen LogP contribution < -0.4 is 10.3 Å².